The van der Waals surface area contributed by atoms with Gasteiger partial charge in [0.25, 0.3) is 0 Å². The summed E-state index contributed by atoms with van der Waals surface area (Å²) in [5.41, 5.74) is 6.36. The monoisotopic (exact) mass is 218 g/mol. The Morgan fingerprint density at radius 1 is 0.867 bits per heavy atom. The van der Waals surface area contributed by atoms with Crippen molar-refractivity contribution in [1.29, 1.82) is 0 Å². The molecule has 1 aromatic rings. The molecular weight excluding hydrogens is 200 g/mol. The Bertz CT molecular complexity index is 381. The van der Waals surface area contributed by atoms with Gasteiger partial charge in [0, 0.05) is 5.25 Å². The first-order valence-corrected chi connectivity index (χ1v) is 6.69. The minimum atomic E-state index is 0.501. The van der Waals surface area contributed by atoms with Gasteiger partial charge < -0.3 is 0 Å². The average Bonchev–Trinajstić information content (AvgIpc) is 2.27. The number of rotatable bonds is 0. The Labute approximate surface area is 97.5 Å². The van der Waals surface area contributed by atoms with E-state index in [2.05, 4.69) is 12.1 Å². The summed E-state index contributed by atoms with van der Waals surface area (Å²) >= 11 is 4.71. The zero-order chi connectivity index (χ0) is 10.3. The van der Waals surface area contributed by atoms with E-state index in [0.29, 0.717) is 5.25 Å². The summed E-state index contributed by atoms with van der Waals surface area (Å²) in [4.78, 5) is 0. The van der Waals surface area contributed by atoms with Gasteiger partial charge >= 0.3 is 0 Å². The standard InChI is InChI=1S/C14H18S/c15-14-7-3-6-12-8-10-4-1-2-5-11(10)9-13(12)14/h8-9,14-15H,1-7H2. The lowest BCUT2D eigenvalue weighted by Crippen LogP contribution is -2.10. The maximum absolute atomic E-state index is 4.71. The van der Waals surface area contributed by atoms with Crippen molar-refractivity contribution in [3.05, 3.63) is 34.4 Å². The Kier molecular flexibility index (Phi) is 2.51. The lowest BCUT2D eigenvalue weighted by molar-refractivity contribution is 0.653. The zero-order valence-electron chi connectivity index (χ0n) is 9.13. The third-order valence-corrected chi connectivity index (χ3v) is 4.42. The Hall–Kier alpha value is -0.430. The predicted molar refractivity (Wildman–Crippen MR) is 67.7 cm³/mol. The van der Waals surface area contributed by atoms with Gasteiger partial charge in [0.1, 0.15) is 0 Å². The van der Waals surface area contributed by atoms with Gasteiger partial charge in [-0.3, -0.25) is 0 Å². The highest BCUT2D eigenvalue weighted by atomic mass is 32.1. The van der Waals surface area contributed by atoms with Crippen molar-refractivity contribution in [2.24, 2.45) is 0 Å². The molecule has 1 aromatic carbocycles. The van der Waals surface area contributed by atoms with Crippen LogP contribution in [0.1, 0.15) is 53.2 Å². The van der Waals surface area contributed by atoms with Crippen molar-refractivity contribution in [2.45, 2.75) is 50.2 Å². The topological polar surface area (TPSA) is 0 Å². The van der Waals surface area contributed by atoms with Gasteiger partial charge in [-0.15, -0.1) is 0 Å². The molecule has 0 saturated carbocycles. The van der Waals surface area contributed by atoms with Crippen LogP contribution in [0.5, 0.6) is 0 Å². The number of fused-ring (bicyclic) bond motifs is 2. The van der Waals surface area contributed by atoms with Gasteiger partial charge in [0.2, 0.25) is 0 Å². The van der Waals surface area contributed by atoms with E-state index < -0.39 is 0 Å². The summed E-state index contributed by atoms with van der Waals surface area (Å²) < 4.78 is 0. The third kappa shape index (κ3) is 1.71. The highest BCUT2D eigenvalue weighted by Gasteiger charge is 2.20. The predicted octanol–water partition coefficient (Wildman–Crippen LogP) is 3.87. The van der Waals surface area contributed by atoms with E-state index in [9.17, 15) is 0 Å². The highest BCUT2D eigenvalue weighted by molar-refractivity contribution is 7.80. The van der Waals surface area contributed by atoms with Crippen molar-refractivity contribution in [1.82, 2.24) is 0 Å². The molecule has 0 fully saturated rings. The summed E-state index contributed by atoms with van der Waals surface area (Å²) in [6.07, 6.45) is 9.22. The quantitative estimate of drug-likeness (QED) is 0.628. The van der Waals surface area contributed by atoms with Gasteiger partial charge in [-0.1, -0.05) is 12.1 Å². The molecule has 0 aromatic heterocycles. The SMILES string of the molecule is SC1CCCc2cc3c(cc21)CCCC3. The lowest BCUT2D eigenvalue weighted by atomic mass is 9.83. The van der Waals surface area contributed by atoms with Crippen LogP contribution in [-0.4, -0.2) is 0 Å². The van der Waals surface area contributed by atoms with E-state index >= 15 is 0 Å². The number of benzene rings is 1. The van der Waals surface area contributed by atoms with Crippen LogP contribution in [0.15, 0.2) is 12.1 Å². The van der Waals surface area contributed by atoms with Crippen LogP contribution in [0, 0.1) is 0 Å². The molecule has 1 atom stereocenters. The normalized spacial score (nSPS) is 24.5. The minimum Gasteiger partial charge on any atom is -0.171 e. The van der Waals surface area contributed by atoms with E-state index in [4.69, 9.17) is 12.6 Å². The number of hydrogen-bond donors (Lipinski definition) is 1. The van der Waals surface area contributed by atoms with Crippen LogP contribution in [0.3, 0.4) is 0 Å². The Balaban J connectivity index is 2.08. The molecule has 0 nitrogen and oxygen atoms in total. The molecule has 3 rings (SSSR count). The molecule has 15 heavy (non-hydrogen) atoms. The fourth-order valence-electron chi connectivity index (χ4n) is 3.02. The van der Waals surface area contributed by atoms with Crippen molar-refractivity contribution >= 4 is 12.6 Å². The molecule has 0 bridgehead atoms. The molecule has 80 valence electrons. The maximum atomic E-state index is 4.71. The molecule has 1 heteroatoms. The first kappa shape index (κ1) is 9.77. The number of hydrogen-bond acceptors (Lipinski definition) is 1. The van der Waals surface area contributed by atoms with E-state index in [1.165, 1.54) is 50.5 Å². The summed E-state index contributed by atoms with van der Waals surface area (Å²) in [5, 5.41) is 0.501. The van der Waals surface area contributed by atoms with Crippen molar-refractivity contribution in [2.75, 3.05) is 0 Å². The molecular formula is C14H18S. The molecule has 0 N–H and O–H groups in total. The zero-order valence-corrected chi connectivity index (χ0v) is 10.0. The molecule has 0 aliphatic heterocycles. The van der Waals surface area contributed by atoms with Crippen LogP contribution in [0.4, 0.5) is 0 Å². The van der Waals surface area contributed by atoms with Gasteiger partial charge in [-0.05, 0) is 67.2 Å². The van der Waals surface area contributed by atoms with Gasteiger partial charge in [-0.25, -0.2) is 0 Å². The summed E-state index contributed by atoms with van der Waals surface area (Å²) in [7, 11) is 0. The van der Waals surface area contributed by atoms with Crippen molar-refractivity contribution in [3.63, 3.8) is 0 Å². The molecule has 0 spiro atoms. The molecule has 1 unspecified atom stereocenters. The lowest BCUT2D eigenvalue weighted by Gasteiger charge is -2.26. The van der Waals surface area contributed by atoms with E-state index in [1.54, 1.807) is 16.7 Å². The second-order valence-corrected chi connectivity index (χ2v) is 5.56. The summed E-state index contributed by atoms with van der Waals surface area (Å²) in [6.45, 7) is 0. The third-order valence-electron chi connectivity index (χ3n) is 3.89. The maximum Gasteiger partial charge on any atom is 0.0270 e. The molecule has 2 aliphatic rings. The Morgan fingerprint density at radius 2 is 1.53 bits per heavy atom. The first-order chi connectivity index (χ1) is 7.34. The van der Waals surface area contributed by atoms with Crippen LogP contribution in [-0.2, 0) is 19.3 Å². The molecule has 0 heterocycles. The van der Waals surface area contributed by atoms with Gasteiger partial charge in [0.15, 0.2) is 0 Å². The second kappa shape index (κ2) is 3.86. The molecule has 0 saturated heterocycles. The smallest absolute Gasteiger partial charge is 0.0270 e. The molecule has 0 radical (unpaired) electrons. The van der Waals surface area contributed by atoms with Crippen LogP contribution >= 0.6 is 12.6 Å². The molecule has 0 amide bonds. The number of thiol groups is 1. The fraction of sp³-hybridized carbons (Fsp3) is 0.571. The Morgan fingerprint density at radius 3 is 2.33 bits per heavy atom. The summed E-state index contributed by atoms with van der Waals surface area (Å²) in [6, 6.07) is 4.94. The number of aryl methyl sites for hydroxylation is 3. The second-order valence-electron chi connectivity index (χ2n) is 4.93. The van der Waals surface area contributed by atoms with E-state index in [0.717, 1.165) is 0 Å². The van der Waals surface area contributed by atoms with Crippen LogP contribution in [0.2, 0.25) is 0 Å². The van der Waals surface area contributed by atoms with E-state index in [1.807, 2.05) is 0 Å². The van der Waals surface area contributed by atoms with Crippen molar-refractivity contribution < 1.29 is 0 Å². The van der Waals surface area contributed by atoms with Crippen LogP contribution < -0.4 is 0 Å². The highest BCUT2D eigenvalue weighted by Crippen LogP contribution is 2.37. The van der Waals surface area contributed by atoms with Crippen molar-refractivity contribution in [3.8, 4) is 0 Å². The largest absolute Gasteiger partial charge is 0.171 e. The van der Waals surface area contributed by atoms with E-state index in [-0.39, 0.29) is 0 Å². The minimum absolute atomic E-state index is 0.501. The average molecular weight is 218 g/mol. The molecule has 2 aliphatic carbocycles. The fourth-order valence-corrected chi connectivity index (χ4v) is 3.45. The summed E-state index contributed by atoms with van der Waals surface area (Å²) in [5.74, 6) is 0. The van der Waals surface area contributed by atoms with Gasteiger partial charge in [-0.2, -0.15) is 12.6 Å². The van der Waals surface area contributed by atoms with Gasteiger partial charge in [0.05, 0.1) is 0 Å². The first-order valence-electron chi connectivity index (χ1n) is 6.17. The van der Waals surface area contributed by atoms with Crippen LogP contribution in [0.25, 0.3) is 0 Å².